The van der Waals surface area contributed by atoms with Crippen molar-refractivity contribution < 1.29 is 0 Å². The fourth-order valence-electron chi connectivity index (χ4n) is 2.60. The monoisotopic (exact) mass is 238 g/mol. The SMILES string of the molecule is C=C(CNC(C)C)CN1CCCCCC1CC. The number of likely N-dealkylation sites (tertiary alicyclic amines) is 1. The normalized spacial score (nSPS) is 22.7. The van der Waals surface area contributed by atoms with E-state index in [0.29, 0.717) is 6.04 Å². The molecule has 0 aliphatic carbocycles. The van der Waals surface area contributed by atoms with Crippen LogP contribution in [0.3, 0.4) is 0 Å². The van der Waals surface area contributed by atoms with Gasteiger partial charge in [-0.3, -0.25) is 4.90 Å². The lowest BCUT2D eigenvalue weighted by Gasteiger charge is -2.30. The predicted octanol–water partition coefficient (Wildman–Crippen LogP) is 3.20. The van der Waals surface area contributed by atoms with E-state index in [1.165, 1.54) is 44.2 Å². The highest BCUT2D eigenvalue weighted by molar-refractivity contribution is 5.01. The molecular formula is C15H30N2. The van der Waals surface area contributed by atoms with Crippen molar-refractivity contribution in [3.8, 4) is 0 Å². The molecule has 100 valence electrons. The van der Waals surface area contributed by atoms with Crippen LogP contribution in [0, 0.1) is 0 Å². The zero-order valence-electron chi connectivity index (χ0n) is 12.0. The molecule has 0 aromatic heterocycles. The molecule has 0 amide bonds. The molecule has 1 heterocycles. The summed E-state index contributed by atoms with van der Waals surface area (Å²) in [4.78, 5) is 2.65. The molecule has 1 atom stereocenters. The molecule has 1 saturated heterocycles. The summed E-state index contributed by atoms with van der Waals surface area (Å²) >= 11 is 0. The van der Waals surface area contributed by atoms with Gasteiger partial charge in [-0.15, -0.1) is 0 Å². The van der Waals surface area contributed by atoms with Gasteiger partial charge in [0.15, 0.2) is 0 Å². The van der Waals surface area contributed by atoms with Gasteiger partial charge in [-0.05, 0) is 31.4 Å². The summed E-state index contributed by atoms with van der Waals surface area (Å²) in [5.74, 6) is 0. The van der Waals surface area contributed by atoms with Gasteiger partial charge in [0, 0.05) is 25.2 Å². The lowest BCUT2D eigenvalue weighted by molar-refractivity contribution is 0.210. The highest BCUT2D eigenvalue weighted by Gasteiger charge is 2.19. The van der Waals surface area contributed by atoms with Gasteiger partial charge in [-0.1, -0.05) is 40.2 Å². The third kappa shape index (κ3) is 5.69. The molecule has 2 nitrogen and oxygen atoms in total. The van der Waals surface area contributed by atoms with E-state index in [1.54, 1.807) is 0 Å². The predicted molar refractivity (Wildman–Crippen MR) is 76.4 cm³/mol. The largest absolute Gasteiger partial charge is 0.311 e. The van der Waals surface area contributed by atoms with Crippen molar-refractivity contribution in [1.82, 2.24) is 10.2 Å². The number of rotatable bonds is 6. The first-order chi connectivity index (χ1) is 8.13. The van der Waals surface area contributed by atoms with Crippen LogP contribution in [0.1, 0.15) is 52.9 Å². The fraction of sp³-hybridized carbons (Fsp3) is 0.867. The molecule has 2 heteroatoms. The zero-order chi connectivity index (χ0) is 12.7. The molecule has 0 bridgehead atoms. The second-order valence-corrected chi connectivity index (χ2v) is 5.67. The summed E-state index contributed by atoms with van der Waals surface area (Å²) in [6, 6.07) is 1.34. The maximum atomic E-state index is 4.22. The van der Waals surface area contributed by atoms with Gasteiger partial charge >= 0.3 is 0 Å². The maximum absolute atomic E-state index is 4.22. The third-order valence-electron chi connectivity index (χ3n) is 3.66. The molecule has 0 aromatic carbocycles. The summed E-state index contributed by atoms with van der Waals surface area (Å²) in [5.41, 5.74) is 1.33. The first-order valence-electron chi connectivity index (χ1n) is 7.27. The van der Waals surface area contributed by atoms with E-state index >= 15 is 0 Å². The zero-order valence-corrected chi connectivity index (χ0v) is 12.0. The summed E-state index contributed by atoms with van der Waals surface area (Å²) in [5, 5.41) is 3.46. The molecule has 1 unspecified atom stereocenters. The van der Waals surface area contributed by atoms with Crippen LogP contribution in [-0.4, -0.2) is 36.6 Å². The molecule has 1 fully saturated rings. The number of nitrogens with zero attached hydrogens (tertiary/aromatic N) is 1. The van der Waals surface area contributed by atoms with Crippen LogP contribution < -0.4 is 5.32 Å². The van der Waals surface area contributed by atoms with Gasteiger partial charge in [-0.25, -0.2) is 0 Å². The summed E-state index contributed by atoms with van der Waals surface area (Å²) in [6.07, 6.45) is 6.84. The van der Waals surface area contributed by atoms with Crippen LogP contribution in [0.15, 0.2) is 12.2 Å². The molecule has 1 aliphatic heterocycles. The molecule has 1 rings (SSSR count). The maximum Gasteiger partial charge on any atom is 0.0205 e. The minimum atomic E-state index is 0.554. The van der Waals surface area contributed by atoms with E-state index in [4.69, 9.17) is 0 Å². The van der Waals surface area contributed by atoms with Crippen LogP contribution in [0.25, 0.3) is 0 Å². The molecule has 1 N–H and O–H groups in total. The van der Waals surface area contributed by atoms with Crippen molar-refractivity contribution >= 4 is 0 Å². The van der Waals surface area contributed by atoms with Crippen LogP contribution >= 0.6 is 0 Å². The fourth-order valence-corrected chi connectivity index (χ4v) is 2.60. The number of hydrogen-bond acceptors (Lipinski definition) is 2. The quantitative estimate of drug-likeness (QED) is 0.715. The highest BCUT2D eigenvalue weighted by Crippen LogP contribution is 2.19. The van der Waals surface area contributed by atoms with Crippen LogP contribution in [-0.2, 0) is 0 Å². The lowest BCUT2D eigenvalue weighted by atomic mass is 10.1. The Balaban J connectivity index is 2.38. The van der Waals surface area contributed by atoms with E-state index in [0.717, 1.165) is 19.1 Å². The summed E-state index contributed by atoms with van der Waals surface area (Å²) in [7, 11) is 0. The Labute approximate surface area is 107 Å². The third-order valence-corrected chi connectivity index (χ3v) is 3.66. The first kappa shape index (κ1) is 14.7. The Hall–Kier alpha value is -0.340. The Morgan fingerprint density at radius 1 is 1.35 bits per heavy atom. The van der Waals surface area contributed by atoms with Crippen molar-refractivity contribution in [2.45, 2.75) is 65.0 Å². The Kier molecular flexibility index (Phi) is 6.83. The van der Waals surface area contributed by atoms with Crippen molar-refractivity contribution in [3.63, 3.8) is 0 Å². The minimum absolute atomic E-state index is 0.554. The number of nitrogens with one attached hydrogen (secondary N) is 1. The van der Waals surface area contributed by atoms with E-state index in [-0.39, 0.29) is 0 Å². The van der Waals surface area contributed by atoms with Crippen LogP contribution in [0.2, 0.25) is 0 Å². The van der Waals surface area contributed by atoms with Gasteiger partial charge in [0.05, 0.1) is 0 Å². The summed E-state index contributed by atoms with van der Waals surface area (Å²) in [6.45, 7) is 14.2. The van der Waals surface area contributed by atoms with Gasteiger partial charge < -0.3 is 5.32 Å². The Bertz CT molecular complexity index is 223. The second kappa shape index (κ2) is 7.88. The second-order valence-electron chi connectivity index (χ2n) is 5.67. The molecule has 0 spiro atoms. The van der Waals surface area contributed by atoms with Crippen LogP contribution in [0.4, 0.5) is 0 Å². The van der Waals surface area contributed by atoms with E-state index in [1.807, 2.05) is 0 Å². The molecule has 0 radical (unpaired) electrons. The number of hydrogen-bond donors (Lipinski definition) is 1. The van der Waals surface area contributed by atoms with Crippen molar-refractivity contribution in [2.75, 3.05) is 19.6 Å². The van der Waals surface area contributed by atoms with Crippen LogP contribution in [0.5, 0.6) is 0 Å². The van der Waals surface area contributed by atoms with Crippen molar-refractivity contribution in [3.05, 3.63) is 12.2 Å². The average molecular weight is 238 g/mol. The van der Waals surface area contributed by atoms with Gasteiger partial charge in [0.2, 0.25) is 0 Å². The smallest absolute Gasteiger partial charge is 0.0205 e. The van der Waals surface area contributed by atoms with Gasteiger partial charge in [-0.2, -0.15) is 0 Å². The van der Waals surface area contributed by atoms with E-state index in [2.05, 4.69) is 37.6 Å². The van der Waals surface area contributed by atoms with Crippen molar-refractivity contribution in [2.24, 2.45) is 0 Å². The van der Waals surface area contributed by atoms with E-state index < -0.39 is 0 Å². The average Bonchev–Trinajstić information content (AvgIpc) is 2.51. The Morgan fingerprint density at radius 2 is 2.12 bits per heavy atom. The van der Waals surface area contributed by atoms with Gasteiger partial charge in [0.25, 0.3) is 0 Å². The highest BCUT2D eigenvalue weighted by atomic mass is 15.2. The molecular weight excluding hydrogens is 208 g/mol. The lowest BCUT2D eigenvalue weighted by Crippen LogP contribution is -2.38. The molecule has 0 aromatic rings. The molecule has 17 heavy (non-hydrogen) atoms. The topological polar surface area (TPSA) is 15.3 Å². The molecule has 1 aliphatic rings. The summed E-state index contributed by atoms with van der Waals surface area (Å²) < 4.78 is 0. The van der Waals surface area contributed by atoms with E-state index in [9.17, 15) is 0 Å². The minimum Gasteiger partial charge on any atom is -0.311 e. The first-order valence-corrected chi connectivity index (χ1v) is 7.27. The molecule has 0 saturated carbocycles. The standard InChI is InChI=1S/C15H30N2/c1-5-15-9-7-6-8-10-17(15)12-14(4)11-16-13(2)3/h13,15-16H,4-12H2,1-3H3. The van der Waals surface area contributed by atoms with Crippen molar-refractivity contribution in [1.29, 1.82) is 0 Å². The Morgan fingerprint density at radius 3 is 2.76 bits per heavy atom. The van der Waals surface area contributed by atoms with Gasteiger partial charge in [0.1, 0.15) is 0 Å².